The van der Waals surface area contributed by atoms with Gasteiger partial charge in [-0.2, -0.15) is 0 Å². The standard InChI is InChI=1S/2C12H26N2.2CHO.Ru/c2*1-8-10(13-11(3,4)5)14-12(6,7)9-2;2*1-2;/h2*10H,8-9H2,1-7H3;2*1H;/q2*-2;2*-1;+6. The molecule has 7 heteroatoms. The van der Waals surface area contributed by atoms with Crippen LogP contribution in [0.3, 0.4) is 0 Å². The summed E-state index contributed by atoms with van der Waals surface area (Å²) in [5.41, 5.74) is 0.173. The Morgan fingerprint density at radius 1 is 0.515 bits per heavy atom. The van der Waals surface area contributed by atoms with E-state index in [2.05, 4.69) is 111 Å². The molecule has 0 aromatic carbocycles. The Kier molecular flexibility index (Phi) is 27.5. The molecule has 2 atom stereocenters. The van der Waals surface area contributed by atoms with Crippen molar-refractivity contribution in [3.63, 3.8) is 0 Å². The van der Waals surface area contributed by atoms with Gasteiger partial charge < -0.3 is 30.9 Å². The Bertz CT molecular complexity index is 393. The zero-order valence-electron chi connectivity index (χ0n) is 24.1. The van der Waals surface area contributed by atoms with E-state index in [0.29, 0.717) is 0 Å². The monoisotopic (exact) mass is 556 g/mol. The Morgan fingerprint density at radius 2 is 0.727 bits per heavy atom. The van der Waals surface area contributed by atoms with Crippen LogP contribution in [0, 0.1) is 0 Å². The molecule has 0 aliphatic rings. The number of rotatable bonds is 10. The summed E-state index contributed by atoms with van der Waals surface area (Å²) in [4.78, 5) is 15.5. The third-order valence-electron chi connectivity index (χ3n) is 4.53. The van der Waals surface area contributed by atoms with Crippen LogP contribution in [-0.4, -0.2) is 48.1 Å². The molecule has 0 aromatic rings. The van der Waals surface area contributed by atoms with Crippen molar-refractivity contribution in [3.05, 3.63) is 21.3 Å². The van der Waals surface area contributed by atoms with E-state index in [1.807, 2.05) is 0 Å². The summed E-state index contributed by atoms with van der Waals surface area (Å²) in [7, 11) is 0. The molecule has 0 amide bonds. The van der Waals surface area contributed by atoms with Gasteiger partial charge in [0.05, 0.1) is 0 Å². The molecule has 0 saturated heterocycles. The fourth-order valence-corrected chi connectivity index (χ4v) is 2.31. The van der Waals surface area contributed by atoms with Crippen LogP contribution in [0.5, 0.6) is 0 Å². The van der Waals surface area contributed by atoms with Gasteiger partial charge in [0.2, 0.25) is 0 Å². The van der Waals surface area contributed by atoms with E-state index in [-0.39, 0.29) is 54.0 Å². The summed E-state index contributed by atoms with van der Waals surface area (Å²) < 4.78 is 0. The van der Waals surface area contributed by atoms with E-state index in [1.54, 1.807) is 0 Å². The van der Waals surface area contributed by atoms with Crippen LogP contribution < -0.4 is 0 Å². The van der Waals surface area contributed by atoms with Crippen molar-refractivity contribution >= 4 is 13.6 Å². The summed E-state index contributed by atoms with van der Waals surface area (Å²) in [5, 5.41) is 18.9. The normalized spacial score (nSPS) is 13.5. The molecule has 2 unspecified atom stereocenters. The van der Waals surface area contributed by atoms with Gasteiger partial charge in [0, 0.05) is 0 Å². The molecule has 0 saturated carbocycles. The Morgan fingerprint density at radius 3 is 0.848 bits per heavy atom. The molecule has 0 radical (unpaired) electrons. The molecule has 0 bridgehead atoms. The second-order valence-electron chi connectivity index (χ2n) is 11.0. The van der Waals surface area contributed by atoms with Crippen LogP contribution in [-0.2, 0) is 29.1 Å². The van der Waals surface area contributed by atoms with Crippen LogP contribution in [0.25, 0.3) is 21.3 Å². The zero-order chi connectivity index (χ0) is 26.8. The molecule has 0 aromatic heterocycles. The predicted molar refractivity (Wildman–Crippen MR) is 143 cm³/mol. The number of nitrogens with zero attached hydrogens (tertiary/aromatic N) is 4. The van der Waals surface area contributed by atoms with Crippen molar-refractivity contribution in [1.29, 1.82) is 0 Å². The molecular weight excluding hydrogens is 501 g/mol. The first-order valence-electron chi connectivity index (χ1n) is 11.8. The third kappa shape index (κ3) is 31.8. The van der Waals surface area contributed by atoms with E-state index < -0.39 is 0 Å². The number of hydrogen-bond acceptors (Lipinski definition) is 2. The van der Waals surface area contributed by atoms with Crippen LogP contribution in [0.2, 0.25) is 0 Å². The average Bonchev–Trinajstić information content (AvgIpc) is 2.68. The summed E-state index contributed by atoms with van der Waals surface area (Å²) in [6.45, 7) is 36.6. The van der Waals surface area contributed by atoms with Gasteiger partial charge in [-0.1, -0.05) is 123 Å². The third-order valence-corrected chi connectivity index (χ3v) is 4.53. The van der Waals surface area contributed by atoms with E-state index in [4.69, 9.17) is 30.9 Å². The number of hydrogen-bond donors (Lipinski definition) is 0. The van der Waals surface area contributed by atoms with E-state index in [9.17, 15) is 0 Å². The van der Waals surface area contributed by atoms with Gasteiger partial charge in [0.1, 0.15) is 0 Å². The van der Waals surface area contributed by atoms with E-state index in [0.717, 1.165) is 25.7 Å². The van der Waals surface area contributed by atoms with Crippen molar-refractivity contribution in [2.75, 3.05) is 0 Å². The van der Waals surface area contributed by atoms with Crippen molar-refractivity contribution in [2.45, 2.75) is 157 Å². The van der Waals surface area contributed by atoms with Gasteiger partial charge in [-0.25, -0.2) is 12.3 Å². The minimum atomic E-state index is 0. The quantitative estimate of drug-likeness (QED) is 0.154. The van der Waals surface area contributed by atoms with Gasteiger partial charge in [-0.05, 0) is 0 Å². The molecule has 0 aliphatic carbocycles. The first-order valence-corrected chi connectivity index (χ1v) is 11.8. The fraction of sp³-hybridized carbons (Fsp3) is 0.923. The smallest absolute Gasteiger partial charge is 0.673 e. The molecule has 0 rings (SSSR count). The van der Waals surface area contributed by atoms with Gasteiger partial charge in [-0.15, -0.1) is 22.2 Å². The Labute approximate surface area is 220 Å². The van der Waals surface area contributed by atoms with Crippen molar-refractivity contribution < 1.29 is 29.1 Å². The average molecular weight is 556 g/mol. The molecule has 0 heterocycles. The van der Waals surface area contributed by atoms with Crippen LogP contribution in [0.1, 0.15) is 123 Å². The SMILES string of the molecule is CCC([N-]C(C)(C)C)[N-]C(C)(C)CC.CCC([N-]C(C)(C)C)[N-]C(C)(C)CC.[CH-]=O.[CH-]=O.[Ru+6]. The Balaban J connectivity index is -0.000000134. The molecule has 0 spiro atoms. The van der Waals surface area contributed by atoms with Crippen LogP contribution >= 0.6 is 0 Å². The molecular formula is C26H54N4O2Ru. The Hall–Kier alpha value is -0.197. The van der Waals surface area contributed by atoms with Gasteiger partial charge >= 0.3 is 19.5 Å². The van der Waals surface area contributed by atoms with Crippen molar-refractivity contribution in [1.82, 2.24) is 0 Å². The first-order chi connectivity index (χ1) is 14.4. The number of carbonyl (C=O) groups excluding carboxylic acids is 2. The second-order valence-corrected chi connectivity index (χ2v) is 11.0. The van der Waals surface area contributed by atoms with Crippen molar-refractivity contribution in [2.24, 2.45) is 0 Å². The minimum Gasteiger partial charge on any atom is -0.673 e. The summed E-state index contributed by atoms with van der Waals surface area (Å²) in [6, 6.07) is 0. The molecule has 0 fully saturated rings. The first kappa shape index (κ1) is 42.9. The molecule has 33 heavy (non-hydrogen) atoms. The largest absolute Gasteiger partial charge is 6.00 e. The molecule has 0 aliphatic heterocycles. The topological polar surface area (TPSA) is 90.5 Å². The van der Waals surface area contributed by atoms with E-state index >= 15 is 0 Å². The molecule has 198 valence electrons. The summed E-state index contributed by atoms with van der Waals surface area (Å²) >= 11 is 0. The molecule has 6 nitrogen and oxygen atoms in total. The summed E-state index contributed by atoms with van der Waals surface area (Å²) in [6.07, 6.45) is 4.46. The fourth-order valence-electron chi connectivity index (χ4n) is 2.31. The maximum Gasteiger partial charge on any atom is 6.00 e. The maximum atomic E-state index is 7.75. The molecule has 0 N–H and O–H groups in total. The predicted octanol–water partition coefficient (Wildman–Crippen LogP) is 8.36. The second kappa shape index (κ2) is 21.1. The van der Waals surface area contributed by atoms with Crippen LogP contribution in [0.4, 0.5) is 0 Å². The zero-order valence-corrected chi connectivity index (χ0v) is 25.8. The van der Waals surface area contributed by atoms with Gasteiger partial charge in [0.25, 0.3) is 0 Å². The minimum absolute atomic E-state index is 0. The summed E-state index contributed by atoms with van der Waals surface area (Å²) in [5.74, 6) is 0. The van der Waals surface area contributed by atoms with Crippen molar-refractivity contribution in [3.8, 4) is 0 Å². The van der Waals surface area contributed by atoms with E-state index in [1.165, 1.54) is 0 Å². The van der Waals surface area contributed by atoms with Gasteiger partial charge in [-0.3, -0.25) is 13.6 Å². The maximum absolute atomic E-state index is 7.75. The van der Waals surface area contributed by atoms with Gasteiger partial charge in [0.15, 0.2) is 0 Å². The van der Waals surface area contributed by atoms with Crippen LogP contribution in [0.15, 0.2) is 0 Å².